The molecule has 7 heteroatoms. The third-order valence-electron chi connectivity index (χ3n) is 5.84. The van der Waals surface area contributed by atoms with Gasteiger partial charge < -0.3 is 9.80 Å². The zero-order chi connectivity index (χ0) is 21.1. The van der Waals surface area contributed by atoms with Crippen molar-refractivity contribution in [2.24, 2.45) is 0 Å². The van der Waals surface area contributed by atoms with Gasteiger partial charge in [0.2, 0.25) is 15.9 Å². The Morgan fingerprint density at radius 1 is 1.00 bits per heavy atom. The molecule has 1 amide bonds. The minimum absolute atomic E-state index is 0.0513. The second kappa shape index (κ2) is 8.62. The molecule has 2 aliphatic heterocycles. The first-order valence-corrected chi connectivity index (χ1v) is 11.8. The van der Waals surface area contributed by atoms with E-state index in [4.69, 9.17) is 0 Å². The monoisotopic (exact) mass is 425 g/mol. The van der Waals surface area contributed by atoms with E-state index in [1.165, 1.54) is 15.3 Å². The van der Waals surface area contributed by atoms with Gasteiger partial charge in [-0.3, -0.25) is 4.79 Å². The highest BCUT2D eigenvalue weighted by molar-refractivity contribution is 7.92. The first-order chi connectivity index (χ1) is 14.4. The molecule has 158 valence electrons. The molecule has 2 aromatic rings. The number of piperazine rings is 1. The number of benzene rings is 2. The zero-order valence-corrected chi connectivity index (χ0v) is 18.0. The second-order valence-electron chi connectivity index (χ2n) is 7.85. The van der Waals surface area contributed by atoms with Crippen LogP contribution in [0.2, 0.25) is 0 Å². The fourth-order valence-electron chi connectivity index (χ4n) is 4.12. The normalized spacial score (nSPS) is 20.0. The van der Waals surface area contributed by atoms with Gasteiger partial charge in [0.05, 0.1) is 6.54 Å². The largest absolute Gasteiger partial charge is 0.359 e. The van der Waals surface area contributed by atoms with Crippen LogP contribution in [-0.2, 0) is 21.2 Å². The minimum atomic E-state index is -3.50. The van der Waals surface area contributed by atoms with Gasteiger partial charge in [-0.2, -0.15) is 4.31 Å². The molecule has 2 aromatic carbocycles. The number of sulfonamides is 1. The lowest BCUT2D eigenvalue weighted by atomic mass is 10.1. The summed E-state index contributed by atoms with van der Waals surface area (Å²) >= 11 is 0. The molecule has 1 fully saturated rings. The summed E-state index contributed by atoms with van der Waals surface area (Å²) in [5.74, 6) is 0.0513. The van der Waals surface area contributed by atoms with Crippen LogP contribution in [0, 0.1) is 0 Å². The maximum atomic E-state index is 12.9. The number of hydrogen-bond acceptors (Lipinski definition) is 4. The average Bonchev–Trinajstić information content (AvgIpc) is 3.08. The van der Waals surface area contributed by atoms with Crippen LogP contribution in [0.5, 0.6) is 0 Å². The van der Waals surface area contributed by atoms with E-state index in [1.54, 1.807) is 11.0 Å². The Balaban J connectivity index is 1.34. The number of carbonyl (C=O) groups excluding carboxylic acids is 1. The van der Waals surface area contributed by atoms with Crippen LogP contribution < -0.4 is 4.90 Å². The van der Waals surface area contributed by atoms with Crippen molar-refractivity contribution in [3.8, 4) is 0 Å². The van der Waals surface area contributed by atoms with Crippen LogP contribution in [-0.4, -0.2) is 62.3 Å². The molecule has 1 atom stereocenters. The van der Waals surface area contributed by atoms with Crippen molar-refractivity contribution in [3.63, 3.8) is 0 Å². The zero-order valence-electron chi connectivity index (χ0n) is 17.1. The van der Waals surface area contributed by atoms with E-state index in [9.17, 15) is 13.2 Å². The summed E-state index contributed by atoms with van der Waals surface area (Å²) in [7, 11) is -3.50. The van der Waals surface area contributed by atoms with Gasteiger partial charge in [0, 0.05) is 43.3 Å². The van der Waals surface area contributed by atoms with Crippen LogP contribution in [0.4, 0.5) is 5.69 Å². The summed E-state index contributed by atoms with van der Waals surface area (Å²) in [4.78, 5) is 16.8. The quantitative estimate of drug-likeness (QED) is 0.739. The van der Waals surface area contributed by atoms with Gasteiger partial charge in [0.1, 0.15) is 0 Å². The fourth-order valence-corrected chi connectivity index (χ4v) is 5.30. The van der Waals surface area contributed by atoms with Crippen LogP contribution >= 0.6 is 0 Å². The summed E-state index contributed by atoms with van der Waals surface area (Å²) in [6.45, 7) is 3.94. The lowest BCUT2D eigenvalue weighted by Gasteiger charge is -2.35. The highest BCUT2D eigenvalue weighted by Gasteiger charge is 2.31. The summed E-state index contributed by atoms with van der Waals surface area (Å²) in [6.07, 6.45) is 2.56. The van der Waals surface area contributed by atoms with Gasteiger partial charge in [0.25, 0.3) is 0 Å². The predicted octanol–water partition coefficient (Wildman–Crippen LogP) is 2.58. The van der Waals surface area contributed by atoms with Crippen molar-refractivity contribution in [1.29, 1.82) is 0 Å². The molecular formula is C23H27N3O3S. The van der Waals surface area contributed by atoms with Crippen molar-refractivity contribution in [1.82, 2.24) is 9.21 Å². The van der Waals surface area contributed by atoms with Crippen molar-refractivity contribution in [3.05, 3.63) is 71.1 Å². The molecule has 0 spiro atoms. The molecule has 0 radical (unpaired) electrons. The first kappa shape index (κ1) is 20.6. The van der Waals surface area contributed by atoms with Gasteiger partial charge in [-0.15, -0.1) is 0 Å². The molecule has 6 nitrogen and oxygen atoms in total. The van der Waals surface area contributed by atoms with E-state index in [1.807, 2.05) is 42.5 Å². The molecule has 0 bridgehead atoms. The molecule has 0 unspecified atom stereocenters. The molecule has 2 aliphatic rings. The maximum Gasteiger partial charge on any atom is 0.242 e. The van der Waals surface area contributed by atoms with Crippen LogP contribution in [0.15, 0.2) is 60.0 Å². The molecule has 0 saturated carbocycles. The number of nitrogens with zero attached hydrogens (tertiary/aromatic N) is 3. The number of hydrogen-bond donors (Lipinski definition) is 0. The van der Waals surface area contributed by atoms with E-state index in [2.05, 4.69) is 24.0 Å². The Morgan fingerprint density at radius 2 is 1.67 bits per heavy atom. The molecule has 1 saturated heterocycles. The van der Waals surface area contributed by atoms with E-state index in [0.717, 1.165) is 17.7 Å². The van der Waals surface area contributed by atoms with Crippen molar-refractivity contribution >= 4 is 27.7 Å². The van der Waals surface area contributed by atoms with Gasteiger partial charge in [-0.05, 0) is 36.6 Å². The number of carbonyl (C=O) groups is 1. The Hall–Kier alpha value is -2.64. The number of fused-ring (bicyclic) bond motifs is 1. The van der Waals surface area contributed by atoms with Crippen LogP contribution in [0.3, 0.4) is 0 Å². The van der Waals surface area contributed by atoms with Gasteiger partial charge in [-0.1, -0.05) is 48.5 Å². The van der Waals surface area contributed by atoms with Crippen LogP contribution in [0.25, 0.3) is 6.08 Å². The highest BCUT2D eigenvalue weighted by Crippen LogP contribution is 2.31. The highest BCUT2D eigenvalue weighted by atomic mass is 32.2. The molecule has 30 heavy (non-hydrogen) atoms. The van der Waals surface area contributed by atoms with E-state index in [-0.39, 0.29) is 11.9 Å². The topological polar surface area (TPSA) is 60.9 Å². The molecule has 4 rings (SSSR count). The molecule has 0 aliphatic carbocycles. The smallest absolute Gasteiger partial charge is 0.242 e. The number of rotatable bonds is 5. The van der Waals surface area contributed by atoms with E-state index in [0.29, 0.717) is 32.7 Å². The Labute approximate surface area is 178 Å². The first-order valence-electron chi connectivity index (χ1n) is 10.3. The molecule has 0 N–H and O–H groups in total. The summed E-state index contributed by atoms with van der Waals surface area (Å²) in [6, 6.07) is 17.9. The Morgan fingerprint density at radius 3 is 2.40 bits per heavy atom. The standard InChI is InChI=1S/C23H27N3O3S/c1-19-17-21-9-5-6-10-22(21)26(19)18-23(27)24-12-14-25(15-13-24)30(28,29)16-11-20-7-3-2-4-8-20/h2-11,16,19H,12-15,17-18H2,1H3/b16-11+/t19-/m1/s1. The molecular weight excluding hydrogens is 398 g/mol. The van der Waals surface area contributed by atoms with Crippen LogP contribution in [0.1, 0.15) is 18.1 Å². The summed E-state index contributed by atoms with van der Waals surface area (Å²) in [5.41, 5.74) is 3.25. The van der Waals surface area contributed by atoms with Crippen molar-refractivity contribution in [2.75, 3.05) is 37.6 Å². The second-order valence-corrected chi connectivity index (χ2v) is 9.67. The summed E-state index contributed by atoms with van der Waals surface area (Å²) < 4.78 is 26.7. The number of anilines is 1. The van der Waals surface area contributed by atoms with Crippen molar-refractivity contribution in [2.45, 2.75) is 19.4 Å². The number of amides is 1. The SMILES string of the molecule is C[C@@H]1Cc2ccccc2N1CC(=O)N1CCN(S(=O)(=O)/C=C/c2ccccc2)CC1. The third kappa shape index (κ3) is 4.42. The maximum absolute atomic E-state index is 12.9. The molecule has 2 heterocycles. The molecule has 0 aromatic heterocycles. The fraction of sp³-hybridized carbons (Fsp3) is 0.348. The van der Waals surface area contributed by atoms with Gasteiger partial charge in [-0.25, -0.2) is 8.42 Å². The van der Waals surface area contributed by atoms with E-state index >= 15 is 0 Å². The minimum Gasteiger partial charge on any atom is -0.359 e. The van der Waals surface area contributed by atoms with E-state index < -0.39 is 10.0 Å². The predicted molar refractivity (Wildman–Crippen MR) is 120 cm³/mol. The summed E-state index contributed by atoms with van der Waals surface area (Å²) in [5, 5.41) is 1.25. The lowest BCUT2D eigenvalue weighted by molar-refractivity contribution is -0.130. The van der Waals surface area contributed by atoms with Gasteiger partial charge in [0.15, 0.2) is 0 Å². The Kier molecular flexibility index (Phi) is 5.92. The van der Waals surface area contributed by atoms with Crippen molar-refractivity contribution < 1.29 is 13.2 Å². The number of para-hydroxylation sites is 1. The average molecular weight is 426 g/mol. The lowest BCUT2D eigenvalue weighted by Crippen LogP contribution is -2.52. The third-order valence-corrected chi connectivity index (χ3v) is 7.40. The van der Waals surface area contributed by atoms with Gasteiger partial charge >= 0.3 is 0 Å². The Bertz CT molecular complexity index is 1030.